The molecule has 5 heteroatoms. The Bertz CT molecular complexity index is 180. The van der Waals surface area contributed by atoms with E-state index in [2.05, 4.69) is 5.32 Å². The minimum atomic E-state index is -0.489. The van der Waals surface area contributed by atoms with Crippen molar-refractivity contribution in [2.45, 2.75) is 44.2 Å². The maximum Gasteiger partial charge on any atom is 0.250 e. The van der Waals surface area contributed by atoms with Crippen molar-refractivity contribution in [2.75, 3.05) is 13.7 Å². The summed E-state index contributed by atoms with van der Waals surface area (Å²) in [4.78, 5) is 11.6. The van der Waals surface area contributed by atoms with Gasteiger partial charge < -0.3 is 15.8 Å². The molecule has 1 atom stereocenters. The van der Waals surface area contributed by atoms with Crippen LogP contribution in [0, 0.1) is 0 Å². The summed E-state index contributed by atoms with van der Waals surface area (Å²) in [6, 6.07) is 0.334. The molecule has 1 amide bonds. The predicted molar refractivity (Wildman–Crippen MR) is 62.1 cm³/mol. The number of nitrogens with two attached hydrogens (primary N) is 1. The van der Waals surface area contributed by atoms with E-state index in [4.69, 9.17) is 10.5 Å². The van der Waals surface area contributed by atoms with Gasteiger partial charge >= 0.3 is 0 Å². The van der Waals surface area contributed by atoms with Crippen LogP contribution in [0.25, 0.3) is 0 Å². The number of carbonyl (C=O) groups excluding carboxylic acids is 1. The lowest BCUT2D eigenvalue weighted by Gasteiger charge is -2.24. The zero-order chi connectivity index (χ0) is 10.4. The molecule has 1 saturated carbocycles. The Morgan fingerprint density at radius 3 is 2.53 bits per heavy atom. The highest BCUT2D eigenvalue weighted by atomic mass is 35.5. The quantitative estimate of drug-likeness (QED) is 0.760. The zero-order valence-corrected chi connectivity index (χ0v) is 10.0. The second-order valence-corrected chi connectivity index (χ2v) is 3.80. The van der Waals surface area contributed by atoms with Crippen LogP contribution in [0.1, 0.15) is 32.1 Å². The van der Waals surface area contributed by atoms with E-state index in [1.165, 1.54) is 26.4 Å². The normalized spacial score (nSPS) is 19.1. The number of amides is 1. The van der Waals surface area contributed by atoms with E-state index >= 15 is 0 Å². The lowest BCUT2D eigenvalue weighted by molar-refractivity contribution is -0.131. The van der Waals surface area contributed by atoms with Gasteiger partial charge in [0.2, 0.25) is 0 Å². The SMILES string of the molecule is COC(CN)C(=O)NC1CCCCC1.Cl. The lowest BCUT2D eigenvalue weighted by atomic mass is 9.95. The van der Waals surface area contributed by atoms with Gasteiger partial charge in [0, 0.05) is 19.7 Å². The molecule has 1 aliphatic rings. The summed E-state index contributed by atoms with van der Waals surface area (Å²) < 4.78 is 4.97. The summed E-state index contributed by atoms with van der Waals surface area (Å²) in [6.45, 7) is 0.245. The van der Waals surface area contributed by atoms with Gasteiger partial charge in [-0.3, -0.25) is 4.79 Å². The Labute approximate surface area is 97.3 Å². The fourth-order valence-electron chi connectivity index (χ4n) is 1.85. The third-order valence-electron chi connectivity index (χ3n) is 2.74. The monoisotopic (exact) mass is 236 g/mol. The number of hydrogen-bond acceptors (Lipinski definition) is 3. The van der Waals surface area contributed by atoms with Crippen LogP contribution in [0.4, 0.5) is 0 Å². The van der Waals surface area contributed by atoms with Crippen LogP contribution in [-0.2, 0) is 9.53 Å². The van der Waals surface area contributed by atoms with E-state index in [0.29, 0.717) is 6.04 Å². The number of rotatable bonds is 4. The van der Waals surface area contributed by atoms with Crippen molar-refractivity contribution in [1.82, 2.24) is 5.32 Å². The van der Waals surface area contributed by atoms with E-state index in [1.807, 2.05) is 0 Å². The van der Waals surface area contributed by atoms with Crippen molar-refractivity contribution in [3.8, 4) is 0 Å². The smallest absolute Gasteiger partial charge is 0.250 e. The molecule has 0 aromatic rings. The lowest BCUT2D eigenvalue weighted by Crippen LogP contribution is -2.45. The molecule has 4 nitrogen and oxygen atoms in total. The summed E-state index contributed by atoms with van der Waals surface area (Å²) in [5.41, 5.74) is 5.40. The number of halogens is 1. The van der Waals surface area contributed by atoms with Gasteiger partial charge in [-0.1, -0.05) is 19.3 Å². The number of nitrogens with one attached hydrogen (secondary N) is 1. The van der Waals surface area contributed by atoms with Crippen LogP contribution >= 0.6 is 12.4 Å². The molecule has 0 aromatic heterocycles. The molecule has 90 valence electrons. The van der Waals surface area contributed by atoms with Gasteiger partial charge in [-0.2, -0.15) is 0 Å². The Morgan fingerprint density at radius 2 is 2.07 bits per heavy atom. The molecule has 1 fully saturated rings. The van der Waals surface area contributed by atoms with Gasteiger partial charge in [0.1, 0.15) is 6.10 Å². The summed E-state index contributed by atoms with van der Waals surface area (Å²) in [5, 5.41) is 2.98. The van der Waals surface area contributed by atoms with Crippen molar-refractivity contribution >= 4 is 18.3 Å². The van der Waals surface area contributed by atoms with E-state index in [9.17, 15) is 4.79 Å². The first kappa shape index (κ1) is 14.7. The van der Waals surface area contributed by atoms with Gasteiger partial charge in [0.25, 0.3) is 5.91 Å². The Hall–Kier alpha value is -0.320. The van der Waals surface area contributed by atoms with Crippen molar-refractivity contribution in [3.05, 3.63) is 0 Å². The average molecular weight is 237 g/mol. The van der Waals surface area contributed by atoms with Crippen LogP contribution < -0.4 is 11.1 Å². The van der Waals surface area contributed by atoms with Crippen LogP contribution in [0.5, 0.6) is 0 Å². The van der Waals surface area contributed by atoms with Crippen molar-refractivity contribution in [2.24, 2.45) is 5.73 Å². The molecule has 0 heterocycles. The molecule has 1 aliphatic carbocycles. The van der Waals surface area contributed by atoms with Crippen LogP contribution in [0.3, 0.4) is 0 Å². The van der Waals surface area contributed by atoms with Crippen LogP contribution in [0.2, 0.25) is 0 Å². The van der Waals surface area contributed by atoms with Gasteiger partial charge in [0.15, 0.2) is 0 Å². The molecule has 0 bridgehead atoms. The van der Waals surface area contributed by atoms with E-state index in [-0.39, 0.29) is 24.9 Å². The summed E-state index contributed by atoms with van der Waals surface area (Å²) in [5.74, 6) is -0.0677. The second-order valence-electron chi connectivity index (χ2n) is 3.80. The molecule has 0 aliphatic heterocycles. The second kappa shape index (κ2) is 7.91. The maximum absolute atomic E-state index is 11.6. The Kier molecular flexibility index (Phi) is 7.74. The molecule has 0 radical (unpaired) electrons. The molecule has 0 saturated heterocycles. The fourth-order valence-corrected chi connectivity index (χ4v) is 1.85. The highest BCUT2D eigenvalue weighted by Gasteiger charge is 2.20. The summed E-state index contributed by atoms with van der Waals surface area (Å²) in [6.07, 6.45) is 5.41. The molecule has 0 aromatic carbocycles. The number of carbonyl (C=O) groups is 1. The number of methoxy groups -OCH3 is 1. The van der Waals surface area contributed by atoms with Crippen molar-refractivity contribution < 1.29 is 9.53 Å². The van der Waals surface area contributed by atoms with E-state index < -0.39 is 6.10 Å². The first-order valence-electron chi connectivity index (χ1n) is 5.31. The van der Waals surface area contributed by atoms with Gasteiger partial charge in [0.05, 0.1) is 0 Å². The molecule has 15 heavy (non-hydrogen) atoms. The highest BCUT2D eigenvalue weighted by molar-refractivity contribution is 5.85. The Morgan fingerprint density at radius 1 is 1.47 bits per heavy atom. The molecular weight excluding hydrogens is 216 g/mol. The first-order chi connectivity index (χ1) is 6.77. The standard InChI is InChI=1S/C10H20N2O2.ClH/c1-14-9(7-11)10(13)12-8-5-3-2-4-6-8;/h8-9H,2-7,11H2,1H3,(H,12,13);1H. The predicted octanol–water partition coefficient (Wildman–Crippen LogP) is 0.831. The van der Waals surface area contributed by atoms with E-state index in [0.717, 1.165) is 12.8 Å². The minimum Gasteiger partial charge on any atom is -0.370 e. The molecule has 0 spiro atoms. The molecule has 1 unspecified atom stereocenters. The molecular formula is C10H21ClN2O2. The fraction of sp³-hybridized carbons (Fsp3) is 0.900. The number of ether oxygens (including phenoxy) is 1. The summed E-state index contributed by atoms with van der Waals surface area (Å²) >= 11 is 0. The van der Waals surface area contributed by atoms with Gasteiger partial charge in [-0.25, -0.2) is 0 Å². The summed E-state index contributed by atoms with van der Waals surface area (Å²) in [7, 11) is 1.51. The van der Waals surface area contributed by atoms with Gasteiger partial charge in [-0.05, 0) is 12.8 Å². The third-order valence-corrected chi connectivity index (χ3v) is 2.74. The van der Waals surface area contributed by atoms with Gasteiger partial charge in [-0.15, -0.1) is 12.4 Å². The maximum atomic E-state index is 11.6. The van der Waals surface area contributed by atoms with Crippen molar-refractivity contribution in [3.63, 3.8) is 0 Å². The highest BCUT2D eigenvalue weighted by Crippen LogP contribution is 2.17. The topological polar surface area (TPSA) is 64.3 Å². The Balaban J connectivity index is 0.00000196. The third kappa shape index (κ3) is 4.82. The van der Waals surface area contributed by atoms with Crippen LogP contribution in [0.15, 0.2) is 0 Å². The zero-order valence-electron chi connectivity index (χ0n) is 9.20. The minimum absolute atomic E-state index is 0. The van der Waals surface area contributed by atoms with Crippen LogP contribution in [-0.4, -0.2) is 31.7 Å². The van der Waals surface area contributed by atoms with Crippen molar-refractivity contribution in [1.29, 1.82) is 0 Å². The number of hydrogen-bond donors (Lipinski definition) is 2. The first-order valence-corrected chi connectivity index (χ1v) is 5.31. The largest absolute Gasteiger partial charge is 0.370 e. The average Bonchev–Trinajstić information content (AvgIpc) is 2.21. The molecule has 1 rings (SSSR count). The van der Waals surface area contributed by atoms with E-state index in [1.54, 1.807) is 0 Å². The molecule has 3 N–H and O–H groups in total.